The van der Waals surface area contributed by atoms with Crippen molar-refractivity contribution in [2.75, 3.05) is 13.1 Å². The zero-order valence-electron chi connectivity index (χ0n) is 14.0. The summed E-state index contributed by atoms with van der Waals surface area (Å²) in [6, 6.07) is 16.1. The summed E-state index contributed by atoms with van der Waals surface area (Å²) in [5, 5.41) is 1.33. The van der Waals surface area contributed by atoms with Crippen molar-refractivity contribution in [3.05, 3.63) is 70.3 Å². The molecule has 0 atom stereocenters. The normalized spacial score (nSPS) is 15.6. The molecule has 0 bridgehead atoms. The monoisotopic (exact) mass is 396 g/mol. The summed E-state index contributed by atoms with van der Waals surface area (Å²) in [5.74, 6) is 0.789. The average molecular weight is 397 g/mol. The number of carbonyl (C=O) groups excluding carboxylic acids is 1. The summed E-state index contributed by atoms with van der Waals surface area (Å²) in [5.41, 5.74) is 3.37. The highest BCUT2D eigenvalue weighted by Crippen LogP contribution is 2.27. The van der Waals surface area contributed by atoms with Crippen LogP contribution in [0.2, 0.25) is 0 Å². The van der Waals surface area contributed by atoms with Gasteiger partial charge in [0.1, 0.15) is 0 Å². The number of hydrogen-bond acceptors (Lipinski definition) is 1. The molecule has 0 aliphatic carbocycles. The first-order chi connectivity index (χ1) is 12.2. The summed E-state index contributed by atoms with van der Waals surface area (Å²) >= 11 is 3.44. The molecule has 25 heavy (non-hydrogen) atoms. The van der Waals surface area contributed by atoms with Crippen molar-refractivity contribution in [1.29, 1.82) is 0 Å². The number of piperidine rings is 1. The van der Waals surface area contributed by atoms with Gasteiger partial charge >= 0.3 is 0 Å². The van der Waals surface area contributed by atoms with Gasteiger partial charge in [0, 0.05) is 40.2 Å². The Morgan fingerprint density at radius 2 is 1.92 bits per heavy atom. The minimum atomic E-state index is 0.145. The van der Waals surface area contributed by atoms with Crippen LogP contribution in [-0.2, 0) is 6.42 Å². The van der Waals surface area contributed by atoms with E-state index in [2.05, 4.69) is 51.4 Å². The van der Waals surface area contributed by atoms with Crippen molar-refractivity contribution in [1.82, 2.24) is 9.88 Å². The minimum absolute atomic E-state index is 0.145. The highest BCUT2D eigenvalue weighted by molar-refractivity contribution is 9.10. The van der Waals surface area contributed by atoms with Gasteiger partial charge in [-0.25, -0.2) is 0 Å². The largest absolute Gasteiger partial charge is 0.361 e. The number of halogens is 1. The molecule has 1 amide bonds. The summed E-state index contributed by atoms with van der Waals surface area (Å²) in [6.45, 7) is 1.69. The van der Waals surface area contributed by atoms with Crippen LogP contribution in [-0.4, -0.2) is 28.9 Å². The van der Waals surface area contributed by atoms with E-state index in [-0.39, 0.29) is 5.91 Å². The number of aromatic nitrogens is 1. The molecular formula is C21H21BrN2O. The van der Waals surface area contributed by atoms with Crippen LogP contribution < -0.4 is 0 Å². The third-order valence-electron chi connectivity index (χ3n) is 5.16. The van der Waals surface area contributed by atoms with E-state index in [1.54, 1.807) is 0 Å². The Hall–Kier alpha value is -2.07. The number of amides is 1. The van der Waals surface area contributed by atoms with Gasteiger partial charge in [0.2, 0.25) is 0 Å². The van der Waals surface area contributed by atoms with Crippen molar-refractivity contribution in [3.8, 4) is 0 Å². The lowest BCUT2D eigenvalue weighted by Crippen LogP contribution is -2.38. The zero-order valence-corrected chi connectivity index (χ0v) is 15.6. The molecule has 0 spiro atoms. The first-order valence-corrected chi connectivity index (χ1v) is 9.60. The van der Waals surface area contributed by atoms with Gasteiger partial charge in [-0.05, 0) is 55.0 Å². The van der Waals surface area contributed by atoms with Crippen LogP contribution in [0.1, 0.15) is 28.8 Å². The molecule has 0 saturated carbocycles. The van der Waals surface area contributed by atoms with Crippen LogP contribution in [0.25, 0.3) is 10.9 Å². The van der Waals surface area contributed by atoms with Gasteiger partial charge in [-0.3, -0.25) is 4.79 Å². The van der Waals surface area contributed by atoms with Gasteiger partial charge in [-0.15, -0.1) is 0 Å². The van der Waals surface area contributed by atoms with Gasteiger partial charge in [0.15, 0.2) is 0 Å². The minimum Gasteiger partial charge on any atom is -0.361 e. The van der Waals surface area contributed by atoms with Gasteiger partial charge in [0.25, 0.3) is 5.91 Å². The predicted molar refractivity (Wildman–Crippen MR) is 105 cm³/mol. The molecule has 1 aliphatic heterocycles. The fourth-order valence-electron chi connectivity index (χ4n) is 3.76. The number of nitrogens with zero attached hydrogens (tertiary/aromatic N) is 1. The highest BCUT2D eigenvalue weighted by Gasteiger charge is 2.24. The molecule has 4 rings (SSSR count). The summed E-state index contributed by atoms with van der Waals surface area (Å²) in [6.07, 6.45) is 5.37. The number of carbonyl (C=O) groups is 1. The molecule has 1 aliphatic rings. The number of benzene rings is 2. The van der Waals surface area contributed by atoms with E-state index in [0.717, 1.165) is 42.4 Å². The van der Waals surface area contributed by atoms with Crippen molar-refractivity contribution >= 4 is 32.7 Å². The van der Waals surface area contributed by atoms with Crippen LogP contribution >= 0.6 is 15.9 Å². The topological polar surface area (TPSA) is 36.1 Å². The van der Waals surface area contributed by atoms with Gasteiger partial charge in [-0.1, -0.05) is 40.2 Å². The highest BCUT2D eigenvalue weighted by atomic mass is 79.9. The molecule has 2 aromatic carbocycles. The first kappa shape index (κ1) is 16.4. The van der Waals surface area contributed by atoms with Crippen LogP contribution in [0, 0.1) is 5.92 Å². The molecule has 4 heteroatoms. The average Bonchev–Trinajstić information content (AvgIpc) is 3.05. The summed E-state index contributed by atoms with van der Waals surface area (Å²) in [4.78, 5) is 18.0. The quantitative estimate of drug-likeness (QED) is 0.662. The molecule has 1 saturated heterocycles. The summed E-state index contributed by atoms with van der Waals surface area (Å²) < 4.78 is 0.951. The third-order valence-corrected chi connectivity index (χ3v) is 5.65. The maximum Gasteiger partial charge on any atom is 0.253 e. The second kappa shape index (κ2) is 7.04. The molecule has 128 valence electrons. The maximum absolute atomic E-state index is 12.7. The number of H-pyrrole nitrogens is 1. The van der Waals surface area contributed by atoms with Crippen LogP contribution in [0.3, 0.4) is 0 Å². The van der Waals surface area contributed by atoms with Gasteiger partial charge in [0.05, 0.1) is 0 Å². The van der Waals surface area contributed by atoms with E-state index < -0.39 is 0 Å². The van der Waals surface area contributed by atoms with Gasteiger partial charge in [-0.2, -0.15) is 0 Å². The van der Waals surface area contributed by atoms with E-state index in [4.69, 9.17) is 0 Å². The smallest absolute Gasteiger partial charge is 0.253 e. The number of aromatic amines is 1. The fourth-order valence-corrected chi connectivity index (χ4v) is 4.16. The molecule has 0 radical (unpaired) electrons. The second-order valence-electron chi connectivity index (χ2n) is 6.81. The Bertz CT molecular complexity index is 894. The number of rotatable bonds is 3. The van der Waals surface area contributed by atoms with Crippen molar-refractivity contribution in [2.24, 2.45) is 5.92 Å². The van der Waals surface area contributed by atoms with Crippen LogP contribution in [0.15, 0.2) is 59.2 Å². The lowest BCUT2D eigenvalue weighted by atomic mass is 9.90. The zero-order chi connectivity index (χ0) is 17.2. The van der Waals surface area contributed by atoms with Crippen molar-refractivity contribution < 1.29 is 4.79 Å². The Kier molecular flexibility index (Phi) is 4.62. The maximum atomic E-state index is 12.7. The molecule has 3 aromatic rings. The number of nitrogens with one attached hydrogen (secondary N) is 1. The van der Waals surface area contributed by atoms with E-state index >= 15 is 0 Å². The Morgan fingerprint density at radius 3 is 2.72 bits per heavy atom. The second-order valence-corrected chi connectivity index (χ2v) is 7.73. The van der Waals surface area contributed by atoms with Crippen LogP contribution in [0.5, 0.6) is 0 Å². The molecular weight excluding hydrogens is 376 g/mol. The van der Waals surface area contributed by atoms with Crippen LogP contribution in [0.4, 0.5) is 0 Å². The van der Waals surface area contributed by atoms with Crippen molar-refractivity contribution in [2.45, 2.75) is 19.3 Å². The lowest BCUT2D eigenvalue weighted by Gasteiger charge is -2.32. The number of likely N-dealkylation sites (tertiary alicyclic amines) is 1. The first-order valence-electron chi connectivity index (χ1n) is 8.80. The van der Waals surface area contributed by atoms with E-state index in [1.807, 2.05) is 29.2 Å². The molecule has 1 N–H and O–H groups in total. The number of para-hydroxylation sites is 1. The fraction of sp³-hybridized carbons (Fsp3) is 0.286. The van der Waals surface area contributed by atoms with E-state index in [9.17, 15) is 4.79 Å². The standard InChI is InChI=1S/C21H21BrN2O/c22-18-5-3-4-16(13-18)21(25)24-10-8-15(9-11-24)12-17-14-23-20-7-2-1-6-19(17)20/h1-7,13-15,23H,8-12H2. The van der Waals surface area contributed by atoms with Crippen molar-refractivity contribution in [3.63, 3.8) is 0 Å². The summed E-state index contributed by atoms with van der Waals surface area (Å²) in [7, 11) is 0. The Morgan fingerprint density at radius 1 is 1.12 bits per heavy atom. The molecule has 1 aromatic heterocycles. The Balaban J connectivity index is 1.39. The third kappa shape index (κ3) is 3.49. The SMILES string of the molecule is O=C(c1cccc(Br)c1)N1CCC(Cc2c[nH]c3ccccc23)CC1. The number of hydrogen-bond donors (Lipinski definition) is 1. The number of fused-ring (bicyclic) bond motifs is 1. The molecule has 1 fully saturated rings. The Labute approximate surface area is 156 Å². The molecule has 0 unspecified atom stereocenters. The predicted octanol–water partition coefficient (Wildman–Crippen LogP) is 5.03. The van der Waals surface area contributed by atoms with E-state index in [1.165, 1.54) is 16.5 Å². The molecule has 3 nitrogen and oxygen atoms in total. The van der Waals surface area contributed by atoms with E-state index in [0.29, 0.717) is 5.92 Å². The van der Waals surface area contributed by atoms with Gasteiger partial charge < -0.3 is 9.88 Å². The molecule has 2 heterocycles. The lowest BCUT2D eigenvalue weighted by molar-refractivity contribution is 0.0690.